The lowest BCUT2D eigenvalue weighted by Gasteiger charge is -2.28. The van der Waals surface area contributed by atoms with Gasteiger partial charge in [-0.15, -0.1) is 0 Å². The number of likely N-dealkylation sites (N-methyl/N-ethyl adjacent to an activating group) is 1. The van der Waals surface area contributed by atoms with Crippen LogP contribution < -0.4 is 5.32 Å². The summed E-state index contributed by atoms with van der Waals surface area (Å²) in [7, 11) is 4.19. The Kier molecular flexibility index (Phi) is 9.02. The first-order valence-electron chi connectivity index (χ1n) is 7.05. The van der Waals surface area contributed by atoms with Crippen LogP contribution in [0.2, 0.25) is 0 Å². The van der Waals surface area contributed by atoms with Crippen molar-refractivity contribution in [2.45, 2.75) is 40.2 Å². The van der Waals surface area contributed by atoms with Gasteiger partial charge in [0.1, 0.15) is 0 Å². The first-order valence-corrected chi connectivity index (χ1v) is 7.05. The molecule has 0 aliphatic rings. The zero-order valence-corrected chi connectivity index (χ0v) is 13.0. The molecule has 1 atom stereocenters. The molecule has 0 aromatic rings. The Morgan fingerprint density at radius 1 is 1.11 bits per heavy atom. The lowest BCUT2D eigenvalue weighted by Crippen LogP contribution is -2.39. The van der Waals surface area contributed by atoms with Gasteiger partial charge in [0.05, 0.1) is 0 Å². The molecule has 0 radical (unpaired) electrons. The molecule has 0 aromatic carbocycles. The number of rotatable bonds is 9. The summed E-state index contributed by atoms with van der Waals surface area (Å²) >= 11 is 0. The van der Waals surface area contributed by atoms with Crippen molar-refractivity contribution in [3.05, 3.63) is 0 Å². The van der Waals surface area contributed by atoms with E-state index >= 15 is 0 Å². The van der Waals surface area contributed by atoms with Crippen LogP contribution in [0.3, 0.4) is 0 Å². The van der Waals surface area contributed by atoms with E-state index in [2.05, 4.69) is 43.1 Å². The molecule has 4 heteroatoms. The minimum absolute atomic E-state index is 0.102. The van der Waals surface area contributed by atoms with Crippen LogP contribution in [-0.2, 0) is 4.79 Å². The molecule has 1 amide bonds. The van der Waals surface area contributed by atoms with Crippen LogP contribution in [0.4, 0.5) is 0 Å². The Morgan fingerprint density at radius 3 is 2.17 bits per heavy atom. The van der Waals surface area contributed by atoms with Crippen molar-refractivity contribution < 1.29 is 4.79 Å². The first kappa shape index (κ1) is 17.4. The standard InChI is InChI=1S/C14H31N3O/c1-7-15-14(18)13(4)8-9-17(12(2)3)11-10-16(5)6/h12-13H,7-11H2,1-6H3,(H,15,18). The molecule has 0 saturated heterocycles. The van der Waals surface area contributed by atoms with E-state index < -0.39 is 0 Å². The molecule has 4 nitrogen and oxygen atoms in total. The van der Waals surface area contributed by atoms with E-state index in [0.717, 1.165) is 32.6 Å². The number of nitrogens with one attached hydrogen (secondary N) is 1. The van der Waals surface area contributed by atoms with Crippen LogP contribution in [0.25, 0.3) is 0 Å². The molecule has 0 spiro atoms. The van der Waals surface area contributed by atoms with Crippen molar-refractivity contribution in [3.63, 3.8) is 0 Å². The molecular formula is C14H31N3O. The summed E-state index contributed by atoms with van der Waals surface area (Å²) in [5.41, 5.74) is 0. The maximum atomic E-state index is 11.7. The van der Waals surface area contributed by atoms with E-state index in [4.69, 9.17) is 0 Å². The maximum absolute atomic E-state index is 11.7. The average Bonchev–Trinajstić information content (AvgIpc) is 2.27. The van der Waals surface area contributed by atoms with E-state index in [0.29, 0.717) is 6.04 Å². The van der Waals surface area contributed by atoms with Gasteiger partial charge in [-0.3, -0.25) is 9.69 Å². The van der Waals surface area contributed by atoms with Gasteiger partial charge in [0, 0.05) is 31.6 Å². The largest absolute Gasteiger partial charge is 0.356 e. The smallest absolute Gasteiger partial charge is 0.222 e. The molecule has 0 bridgehead atoms. The molecule has 0 saturated carbocycles. The monoisotopic (exact) mass is 257 g/mol. The maximum Gasteiger partial charge on any atom is 0.222 e. The molecule has 18 heavy (non-hydrogen) atoms. The van der Waals surface area contributed by atoms with Crippen molar-refractivity contribution in [1.29, 1.82) is 0 Å². The summed E-state index contributed by atoms with van der Waals surface area (Å²) in [5, 5.41) is 2.88. The van der Waals surface area contributed by atoms with E-state index in [1.807, 2.05) is 13.8 Å². The number of hydrogen-bond donors (Lipinski definition) is 1. The fraction of sp³-hybridized carbons (Fsp3) is 0.929. The topological polar surface area (TPSA) is 35.6 Å². The number of hydrogen-bond acceptors (Lipinski definition) is 3. The third-order valence-electron chi connectivity index (χ3n) is 3.21. The third-order valence-corrected chi connectivity index (χ3v) is 3.21. The summed E-state index contributed by atoms with van der Waals surface area (Å²) < 4.78 is 0. The van der Waals surface area contributed by atoms with E-state index in [1.54, 1.807) is 0 Å². The fourth-order valence-corrected chi connectivity index (χ4v) is 1.80. The molecule has 108 valence electrons. The second-order valence-electron chi connectivity index (χ2n) is 5.52. The van der Waals surface area contributed by atoms with Gasteiger partial charge in [0.15, 0.2) is 0 Å². The van der Waals surface area contributed by atoms with E-state index in [9.17, 15) is 4.79 Å². The second-order valence-corrected chi connectivity index (χ2v) is 5.52. The molecule has 0 fully saturated rings. The molecule has 0 aliphatic carbocycles. The van der Waals surface area contributed by atoms with Gasteiger partial charge in [0.2, 0.25) is 5.91 Å². The highest BCUT2D eigenvalue weighted by Gasteiger charge is 2.15. The molecule has 0 heterocycles. The van der Waals surface area contributed by atoms with Gasteiger partial charge in [-0.05, 0) is 47.8 Å². The zero-order chi connectivity index (χ0) is 14.1. The average molecular weight is 257 g/mol. The van der Waals surface area contributed by atoms with Gasteiger partial charge in [-0.25, -0.2) is 0 Å². The highest BCUT2D eigenvalue weighted by Crippen LogP contribution is 2.07. The van der Waals surface area contributed by atoms with Crippen LogP contribution in [0.5, 0.6) is 0 Å². The summed E-state index contributed by atoms with van der Waals surface area (Å²) in [4.78, 5) is 16.3. The van der Waals surface area contributed by atoms with Crippen LogP contribution in [-0.4, -0.2) is 62.0 Å². The number of carbonyl (C=O) groups is 1. The fourth-order valence-electron chi connectivity index (χ4n) is 1.80. The van der Waals surface area contributed by atoms with Gasteiger partial charge in [-0.1, -0.05) is 6.92 Å². The summed E-state index contributed by atoms with van der Waals surface area (Å²) in [6.07, 6.45) is 0.928. The van der Waals surface area contributed by atoms with Gasteiger partial charge in [-0.2, -0.15) is 0 Å². The summed E-state index contributed by atoms with van der Waals surface area (Å²) in [6, 6.07) is 0.534. The minimum atomic E-state index is 0.102. The Labute approximate surface area is 113 Å². The second kappa shape index (κ2) is 9.34. The molecule has 0 aliphatic heterocycles. The lowest BCUT2D eigenvalue weighted by molar-refractivity contribution is -0.124. The molecule has 0 aromatic heterocycles. The molecule has 1 N–H and O–H groups in total. The van der Waals surface area contributed by atoms with Crippen LogP contribution in [0.1, 0.15) is 34.1 Å². The highest BCUT2D eigenvalue weighted by molar-refractivity contribution is 5.78. The van der Waals surface area contributed by atoms with Crippen molar-refractivity contribution in [3.8, 4) is 0 Å². The molecule has 1 unspecified atom stereocenters. The quantitative estimate of drug-likeness (QED) is 0.678. The van der Waals surface area contributed by atoms with Crippen molar-refractivity contribution in [2.24, 2.45) is 5.92 Å². The Bertz CT molecular complexity index is 229. The van der Waals surface area contributed by atoms with Gasteiger partial charge >= 0.3 is 0 Å². The van der Waals surface area contributed by atoms with Crippen LogP contribution in [0.15, 0.2) is 0 Å². The summed E-state index contributed by atoms with van der Waals surface area (Å²) in [6.45, 7) is 12.2. The summed E-state index contributed by atoms with van der Waals surface area (Å²) in [5.74, 6) is 0.277. The number of nitrogens with zero attached hydrogens (tertiary/aromatic N) is 2. The van der Waals surface area contributed by atoms with E-state index in [-0.39, 0.29) is 11.8 Å². The van der Waals surface area contributed by atoms with Crippen LogP contribution >= 0.6 is 0 Å². The lowest BCUT2D eigenvalue weighted by atomic mass is 10.1. The number of carbonyl (C=O) groups excluding carboxylic acids is 1. The first-order chi connectivity index (χ1) is 8.38. The van der Waals surface area contributed by atoms with Crippen molar-refractivity contribution in [1.82, 2.24) is 15.1 Å². The van der Waals surface area contributed by atoms with Crippen molar-refractivity contribution in [2.75, 3.05) is 40.3 Å². The Hall–Kier alpha value is -0.610. The molecule has 0 rings (SSSR count). The number of amides is 1. The predicted molar refractivity (Wildman–Crippen MR) is 77.7 cm³/mol. The molecular weight excluding hydrogens is 226 g/mol. The normalized spacial score (nSPS) is 13.4. The minimum Gasteiger partial charge on any atom is -0.356 e. The Balaban J connectivity index is 4.06. The Morgan fingerprint density at radius 2 is 1.72 bits per heavy atom. The van der Waals surface area contributed by atoms with Gasteiger partial charge < -0.3 is 10.2 Å². The highest BCUT2D eigenvalue weighted by atomic mass is 16.1. The van der Waals surface area contributed by atoms with Crippen molar-refractivity contribution >= 4 is 5.91 Å². The predicted octanol–water partition coefficient (Wildman–Crippen LogP) is 1.42. The zero-order valence-electron chi connectivity index (χ0n) is 13.0. The van der Waals surface area contributed by atoms with Crippen LogP contribution in [0, 0.1) is 5.92 Å². The van der Waals surface area contributed by atoms with Gasteiger partial charge in [0.25, 0.3) is 0 Å². The van der Waals surface area contributed by atoms with E-state index in [1.165, 1.54) is 0 Å². The SMILES string of the molecule is CCNC(=O)C(C)CCN(CCN(C)C)C(C)C. The third kappa shape index (κ3) is 7.67.